The number of hydrogen-bond donors (Lipinski definition) is 2. The van der Waals surface area contributed by atoms with E-state index in [1.807, 2.05) is 6.92 Å². The molecule has 0 aromatic rings. The highest BCUT2D eigenvalue weighted by atomic mass is 16.4. The summed E-state index contributed by atoms with van der Waals surface area (Å²) in [6.45, 7) is 4.80. The lowest BCUT2D eigenvalue weighted by Gasteiger charge is -2.38. The maximum Gasteiger partial charge on any atom is 0.323 e. The highest BCUT2D eigenvalue weighted by Crippen LogP contribution is 2.21. The van der Waals surface area contributed by atoms with Crippen LogP contribution in [0.3, 0.4) is 0 Å². The van der Waals surface area contributed by atoms with Crippen LogP contribution in [0.1, 0.15) is 33.1 Å². The molecule has 1 fully saturated rings. The standard InChI is InChI=1S/C12H22N2O4/c1-3-6-14(9-10(15)16)11(17)13-7-4-12(2,18)5-8-13/h18H,3-9H2,1-2H3,(H,15,16). The zero-order valence-corrected chi connectivity index (χ0v) is 11.1. The van der Waals surface area contributed by atoms with Gasteiger partial charge in [0.05, 0.1) is 5.60 Å². The number of nitrogens with zero attached hydrogens (tertiary/aromatic N) is 2. The van der Waals surface area contributed by atoms with Gasteiger partial charge in [0, 0.05) is 19.6 Å². The summed E-state index contributed by atoms with van der Waals surface area (Å²) in [6, 6.07) is -0.241. The van der Waals surface area contributed by atoms with Crippen LogP contribution in [0.15, 0.2) is 0 Å². The number of carboxylic acid groups (broad SMARTS) is 1. The lowest BCUT2D eigenvalue weighted by molar-refractivity contribution is -0.137. The predicted molar refractivity (Wildman–Crippen MR) is 66.3 cm³/mol. The van der Waals surface area contributed by atoms with Gasteiger partial charge in [-0.05, 0) is 26.2 Å². The lowest BCUT2D eigenvalue weighted by atomic mass is 9.94. The molecular weight excluding hydrogens is 236 g/mol. The van der Waals surface area contributed by atoms with Crippen molar-refractivity contribution in [3.8, 4) is 0 Å². The van der Waals surface area contributed by atoms with Crippen LogP contribution in [0.25, 0.3) is 0 Å². The fraction of sp³-hybridized carbons (Fsp3) is 0.833. The molecule has 0 bridgehead atoms. The lowest BCUT2D eigenvalue weighted by Crippen LogP contribution is -2.51. The van der Waals surface area contributed by atoms with Crippen LogP contribution in [-0.2, 0) is 4.79 Å². The van der Waals surface area contributed by atoms with Crippen LogP contribution in [0, 0.1) is 0 Å². The van der Waals surface area contributed by atoms with E-state index in [9.17, 15) is 14.7 Å². The van der Waals surface area contributed by atoms with Crippen molar-refractivity contribution in [3.05, 3.63) is 0 Å². The average molecular weight is 258 g/mol. The molecule has 6 heteroatoms. The molecule has 0 unspecified atom stereocenters. The molecule has 2 amide bonds. The summed E-state index contributed by atoms with van der Waals surface area (Å²) in [5.41, 5.74) is -0.709. The zero-order valence-electron chi connectivity index (χ0n) is 11.1. The van der Waals surface area contributed by atoms with Gasteiger partial charge in [-0.15, -0.1) is 0 Å². The number of amides is 2. The summed E-state index contributed by atoms with van der Waals surface area (Å²) in [7, 11) is 0. The minimum Gasteiger partial charge on any atom is -0.480 e. The number of carbonyl (C=O) groups excluding carboxylic acids is 1. The smallest absolute Gasteiger partial charge is 0.323 e. The second-order valence-electron chi connectivity index (χ2n) is 5.08. The van der Waals surface area contributed by atoms with Crippen molar-refractivity contribution in [2.45, 2.75) is 38.7 Å². The molecule has 2 N–H and O–H groups in total. The third kappa shape index (κ3) is 4.18. The number of rotatable bonds is 4. The van der Waals surface area contributed by atoms with Crippen molar-refractivity contribution in [1.29, 1.82) is 0 Å². The number of piperidine rings is 1. The van der Waals surface area contributed by atoms with Crippen molar-refractivity contribution in [2.24, 2.45) is 0 Å². The van der Waals surface area contributed by atoms with Gasteiger partial charge in [-0.2, -0.15) is 0 Å². The first kappa shape index (κ1) is 14.8. The maximum absolute atomic E-state index is 12.1. The van der Waals surface area contributed by atoms with Gasteiger partial charge >= 0.3 is 12.0 Å². The number of likely N-dealkylation sites (tertiary alicyclic amines) is 1. The van der Waals surface area contributed by atoms with E-state index < -0.39 is 11.6 Å². The Balaban J connectivity index is 2.58. The molecule has 6 nitrogen and oxygen atoms in total. The van der Waals surface area contributed by atoms with E-state index in [2.05, 4.69) is 0 Å². The topological polar surface area (TPSA) is 81.1 Å². The van der Waals surface area contributed by atoms with Crippen LogP contribution in [0.5, 0.6) is 0 Å². The number of hydrogen-bond acceptors (Lipinski definition) is 3. The predicted octanol–water partition coefficient (Wildman–Crippen LogP) is 0.750. The molecular formula is C12H22N2O4. The van der Waals surface area contributed by atoms with Crippen molar-refractivity contribution < 1.29 is 19.8 Å². The SMILES string of the molecule is CCCN(CC(=O)O)C(=O)N1CCC(C)(O)CC1. The summed E-state index contributed by atoms with van der Waals surface area (Å²) in [6.07, 6.45) is 1.79. The Morgan fingerprint density at radius 2 is 1.89 bits per heavy atom. The first-order valence-corrected chi connectivity index (χ1v) is 6.34. The van der Waals surface area contributed by atoms with Crippen LogP contribution < -0.4 is 0 Å². The molecule has 1 saturated heterocycles. The Hall–Kier alpha value is -1.30. The third-order valence-corrected chi connectivity index (χ3v) is 3.20. The molecule has 1 aliphatic heterocycles. The minimum atomic E-state index is -0.999. The van der Waals surface area contributed by atoms with Gasteiger partial charge in [0.15, 0.2) is 0 Å². The van der Waals surface area contributed by atoms with E-state index in [4.69, 9.17) is 5.11 Å². The Morgan fingerprint density at radius 1 is 1.33 bits per heavy atom. The summed E-state index contributed by atoms with van der Waals surface area (Å²) in [4.78, 5) is 25.8. The van der Waals surface area contributed by atoms with Crippen LogP contribution >= 0.6 is 0 Å². The number of aliphatic carboxylic acids is 1. The minimum absolute atomic E-state index is 0.241. The summed E-state index contributed by atoms with van der Waals surface area (Å²) in [5.74, 6) is -0.999. The van der Waals surface area contributed by atoms with Crippen molar-refractivity contribution >= 4 is 12.0 Å². The molecule has 104 valence electrons. The molecule has 0 aromatic carbocycles. The second kappa shape index (κ2) is 6.04. The van der Waals surface area contributed by atoms with Gasteiger partial charge in [0.2, 0.25) is 0 Å². The van der Waals surface area contributed by atoms with Gasteiger partial charge in [-0.1, -0.05) is 6.92 Å². The van der Waals surface area contributed by atoms with E-state index in [-0.39, 0.29) is 12.6 Å². The van der Waals surface area contributed by atoms with Gasteiger partial charge in [0.25, 0.3) is 0 Å². The fourth-order valence-electron chi connectivity index (χ4n) is 2.06. The first-order chi connectivity index (χ1) is 8.35. The van der Waals surface area contributed by atoms with Gasteiger partial charge in [-0.25, -0.2) is 4.79 Å². The zero-order chi connectivity index (χ0) is 13.8. The van der Waals surface area contributed by atoms with Crippen LogP contribution in [0.4, 0.5) is 4.79 Å². The Bertz CT molecular complexity index is 307. The van der Waals surface area contributed by atoms with E-state index >= 15 is 0 Å². The molecule has 0 radical (unpaired) electrons. The highest BCUT2D eigenvalue weighted by molar-refractivity contribution is 5.80. The summed E-state index contributed by atoms with van der Waals surface area (Å²) < 4.78 is 0. The summed E-state index contributed by atoms with van der Waals surface area (Å²) in [5, 5.41) is 18.6. The molecule has 1 heterocycles. The van der Waals surface area contributed by atoms with Gasteiger partial charge in [-0.3, -0.25) is 4.79 Å². The van der Waals surface area contributed by atoms with Gasteiger partial charge in [0.1, 0.15) is 6.54 Å². The van der Waals surface area contributed by atoms with Gasteiger partial charge < -0.3 is 20.0 Å². The second-order valence-corrected chi connectivity index (χ2v) is 5.08. The Morgan fingerprint density at radius 3 is 2.33 bits per heavy atom. The number of carbonyl (C=O) groups is 2. The summed E-state index contributed by atoms with van der Waals surface area (Å²) >= 11 is 0. The average Bonchev–Trinajstić information content (AvgIpc) is 2.27. The highest BCUT2D eigenvalue weighted by Gasteiger charge is 2.31. The largest absolute Gasteiger partial charge is 0.480 e. The molecule has 0 spiro atoms. The molecule has 0 saturated carbocycles. The fourth-order valence-corrected chi connectivity index (χ4v) is 2.06. The van der Waals surface area contributed by atoms with Crippen LogP contribution in [-0.4, -0.2) is 63.8 Å². The molecule has 18 heavy (non-hydrogen) atoms. The Kier molecular flexibility index (Phi) is 4.95. The van der Waals surface area contributed by atoms with E-state index in [0.29, 0.717) is 32.5 Å². The van der Waals surface area contributed by atoms with Crippen LogP contribution in [0.2, 0.25) is 0 Å². The van der Waals surface area contributed by atoms with Crippen molar-refractivity contribution in [3.63, 3.8) is 0 Å². The van der Waals surface area contributed by atoms with E-state index in [1.54, 1.807) is 11.8 Å². The third-order valence-electron chi connectivity index (χ3n) is 3.20. The normalized spacial score (nSPS) is 18.5. The van der Waals surface area contributed by atoms with E-state index in [1.165, 1.54) is 4.90 Å². The monoisotopic (exact) mass is 258 g/mol. The number of aliphatic hydroxyl groups is 1. The van der Waals surface area contributed by atoms with Crippen molar-refractivity contribution in [1.82, 2.24) is 9.80 Å². The maximum atomic E-state index is 12.1. The first-order valence-electron chi connectivity index (χ1n) is 6.34. The molecule has 0 atom stereocenters. The molecule has 1 aliphatic rings. The number of urea groups is 1. The quantitative estimate of drug-likeness (QED) is 0.779. The number of carboxylic acids is 1. The van der Waals surface area contributed by atoms with E-state index in [0.717, 1.165) is 6.42 Å². The molecule has 1 rings (SSSR count). The molecule has 0 aliphatic carbocycles. The molecule has 0 aromatic heterocycles. The van der Waals surface area contributed by atoms with Crippen molar-refractivity contribution in [2.75, 3.05) is 26.2 Å². The Labute approximate surface area is 107 Å².